The van der Waals surface area contributed by atoms with Crippen LogP contribution in [0.3, 0.4) is 0 Å². The first-order valence-electron chi connectivity index (χ1n) is 11.0. The molecule has 0 radical (unpaired) electrons. The number of rotatable bonds is 7. The van der Waals surface area contributed by atoms with Crippen LogP contribution in [0.15, 0.2) is 71.2 Å². The summed E-state index contributed by atoms with van der Waals surface area (Å²) in [5, 5.41) is 5.34. The number of nitrogens with one attached hydrogen (secondary N) is 1. The summed E-state index contributed by atoms with van der Waals surface area (Å²) in [4.78, 5) is 28.0. The predicted octanol–water partition coefficient (Wildman–Crippen LogP) is 5.87. The van der Waals surface area contributed by atoms with Gasteiger partial charge in [-0.25, -0.2) is 0 Å². The van der Waals surface area contributed by atoms with Gasteiger partial charge in [-0.05, 0) is 68.1 Å². The molecule has 1 atom stereocenters. The molecule has 0 aliphatic carbocycles. The number of fused-ring (bicyclic) bond motifs is 1. The number of benzene rings is 3. The summed E-state index contributed by atoms with van der Waals surface area (Å²) in [6.45, 7) is 8.01. The number of hydrogen-bond donors (Lipinski definition) is 1. The first-order valence-corrected chi connectivity index (χ1v) is 11.8. The lowest BCUT2D eigenvalue weighted by molar-refractivity contribution is -0.141. The van der Waals surface area contributed by atoms with Gasteiger partial charge in [0, 0.05) is 23.0 Å². The molecule has 4 nitrogen and oxygen atoms in total. The molecule has 0 aliphatic rings. The summed E-state index contributed by atoms with van der Waals surface area (Å²) in [6.07, 6.45) is 0.970. The molecule has 0 heterocycles. The Morgan fingerprint density at radius 2 is 1.69 bits per heavy atom. The van der Waals surface area contributed by atoms with Crippen molar-refractivity contribution in [2.75, 3.05) is 0 Å². The minimum atomic E-state index is -0.576. The normalized spacial score (nSPS) is 12.4. The molecule has 0 saturated carbocycles. The van der Waals surface area contributed by atoms with Gasteiger partial charge in [0.15, 0.2) is 0 Å². The van der Waals surface area contributed by atoms with Gasteiger partial charge in [-0.3, -0.25) is 9.59 Å². The fourth-order valence-electron chi connectivity index (χ4n) is 3.78. The van der Waals surface area contributed by atoms with E-state index in [9.17, 15) is 9.59 Å². The predicted molar refractivity (Wildman–Crippen MR) is 134 cm³/mol. The van der Waals surface area contributed by atoms with E-state index >= 15 is 0 Å². The Labute approximate surface area is 199 Å². The third-order valence-electron chi connectivity index (χ3n) is 5.40. The van der Waals surface area contributed by atoms with E-state index in [2.05, 4.69) is 45.5 Å². The second-order valence-corrected chi connectivity index (χ2v) is 10.1. The lowest BCUT2D eigenvalue weighted by atomic mass is 10.0. The number of hydrogen-bond acceptors (Lipinski definition) is 2. The summed E-state index contributed by atoms with van der Waals surface area (Å²) >= 11 is 3.50. The first-order chi connectivity index (χ1) is 15.1. The van der Waals surface area contributed by atoms with Gasteiger partial charge in [-0.15, -0.1) is 0 Å². The summed E-state index contributed by atoms with van der Waals surface area (Å²) in [5.74, 6) is -0.180. The van der Waals surface area contributed by atoms with E-state index in [0.717, 1.165) is 15.6 Å². The molecule has 0 aliphatic heterocycles. The van der Waals surface area contributed by atoms with Crippen LogP contribution in [0.5, 0.6) is 0 Å². The summed E-state index contributed by atoms with van der Waals surface area (Å²) in [7, 11) is 0. The minimum absolute atomic E-state index is 0.0329. The van der Waals surface area contributed by atoms with E-state index in [1.807, 2.05) is 63.2 Å². The zero-order valence-electron chi connectivity index (χ0n) is 19.2. The molecule has 3 rings (SSSR count). The number of aryl methyl sites for hydroxylation is 1. The lowest BCUT2D eigenvalue weighted by Crippen LogP contribution is -2.52. The molecular weight excluding hydrogens is 464 g/mol. The molecule has 0 saturated heterocycles. The average Bonchev–Trinajstić information content (AvgIpc) is 2.74. The van der Waals surface area contributed by atoms with E-state index in [-0.39, 0.29) is 17.4 Å². The van der Waals surface area contributed by atoms with Crippen molar-refractivity contribution in [2.45, 2.75) is 58.7 Å². The van der Waals surface area contributed by atoms with Crippen molar-refractivity contribution in [1.82, 2.24) is 10.2 Å². The molecule has 0 fully saturated rings. The van der Waals surface area contributed by atoms with Gasteiger partial charge in [0.2, 0.25) is 11.8 Å². The minimum Gasteiger partial charge on any atom is -0.350 e. The Kier molecular flexibility index (Phi) is 7.73. The van der Waals surface area contributed by atoms with Crippen molar-refractivity contribution in [3.63, 3.8) is 0 Å². The summed E-state index contributed by atoms with van der Waals surface area (Å²) in [6, 6.07) is 21.7. The van der Waals surface area contributed by atoms with Gasteiger partial charge in [-0.2, -0.15) is 0 Å². The fraction of sp³-hybridized carbons (Fsp3) is 0.333. The maximum atomic E-state index is 13.4. The van der Waals surface area contributed by atoms with Gasteiger partial charge in [0.05, 0.1) is 0 Å². The zero-order chi connectivity index (χ0) is 23.3. The third-order valence-corrected chi connectivity index (χ3v) is 5.89. The van der Waals surface area contributed by atoms with Crippen LogP contribution in [0, 0.1) is 0 Å². The summed E-state index contributed by atoms with van der Waals surface area (Å²) < 4.78 is 0.949. The average molecular weight is 495 g/mol. The highest BCUT2D eigenvalue weighted by atomic mass is 79.9. The maximum absolute atomic E-state index is 13.4. The van der Waals surface area contributed by atoms with Gasteiger partial charge in [0.1, 0.15) is 6.04 Å². The Morgan fingerprint density at radius 3 is 2.41 bits per heavy atom. The van der Waals surface area contributed by atoms with Crippen molar-refractivity contribution in [2.24, 2.45) is 0 Å². The molecule has 3 aromatic rings. The van der Waals surface area contributed by atoms with Gasteiger partial charge < -0.3 is 10.2 Å². The molecular formula is C27H31BrN2O2. The van der Waals surface area contributed by atoms with Crippen LogP contribution >= 0.6 is 15.9 Å². The van der Waals surface area contributed by atoms with Crippen LogP contribution < -0.4 is 5.32 Å². The number of carbonyl (C=O) groups excluding carboxylic acids is 2. The van der Waals surface area contributed by atoms with E-state index < -0.39 is 6.04 Å². The molecule has 32 heavy (non-hydrogen) atoms. The Morgan fingerprint density at radius 1 is 1.00 bits per heavy atom. The van der Waals surface area contributed by atoms with Crippen molar-refractivity contribution >= 4 is 38.5 Å². The number of carbonyl (C=O) groups is 2. The first kappa shape index (κ1) is 24.0. The van der Waals surface area contributed by atoms with E-state index in [4.69, 9.17) is 0 Å². The highest BCUT2D eigenvalue weighted by molar-refractivity contribution is 9.10. The standard InChI is InChI=1S/C27H31BrN2O2/c1-19(26(32)29-27(2,3)4)30(18-20-9-7-13-23(28)17-20)25(31)16-15-22-12-8-11-21-10-5-6-14-24(21)22/h5-14,17,19H,15-16,18H2,1-4H3,(H,29,32)/t19-/m0/s1. The van der Waals surface area contributed by atoms with E-state index in [0.29, 0.717) is 19.4 Å². The molecule has 3 aromatic carbocycles. The van der Waals surface area contributed by atoms with Crippen LogP contribution in [0.25, 0.3) is 10.8 Å². The molecule has 1 N–H and O–H groups in total. The monoisotopic (exact) mass is 494 g/mol. The molecule has 2 amide bonds. The Balaban J connectivity index is 1.81. The number of amides is 2. The molecule has 5 heteroatoms. The van der Waals surface area contributed by atoms with Crippen LogP contribution in [-0.4, -0.2) is 28.3 Å². The molecule has 168 valence electrons. The Bertz CT molecular complexity index is 1100. The largest absolute Gasteiger partial charge is 0.350 e. The SMILES string of the molecule is C[C@@H](C(=O)NC(C)(C)C)N(Cc1cccc(Br)c1)C(=O)CCc1cccc2ccccc12. The Hall–Kier alpha value is -2.66. The molecule has 0 bridgehead atoms. The topological polar surface area (TPSA) is 49.4 Å². The quantitative estimate of drug-likeness (QED) is 0.446. The lowest BCUT2D eigenvalue weighted by Gasteiger charge is -2.31. The highest BCUT2D eigenvalue weighted by Gasteiger charge is 2.28. The van der Waals surface area contributed by atoms with Gasteiger partial charge in [0.25, 0.3) is 0 Å². The summed E-state index contributed by atoms with van der Waals surface area (Å²) in [5.41, 5.74) is 1.76. The maximum Gasteiger partial charge on any atom is 0.242 e. The van der Waals surface area contributed by atoms with Crippen molar-refractivity contribution in [1.29, 1.82) is 0 Å². The number of nitrogens with zero attached hydrogens (tertiary/aromatic N) is 1. The van der Waals surface area contributed by atoms with Gasteiger partial charge in [-0.1, -0.05) is 70.5 Å². The molecule has 0 unspecified atom stereocenters. The highest BCUT2D eigenvalue weighted by Crippen LogP contribution is 2.21. The fourth-order valence-corrected chi connectivity index (χ4v) is 4.23. The van der Waals surface area contributed by atoms with E-state index in [1.54, 1.807) is 11.8 Å². The number of halogens is 1. The van der Waals surface area contributed by atoms with Gasteiger partial charge >= 0.3 is 0 Å². The van der Waals surface area contributed by atoms with Crippen LogP contribution in [-0.2, 0) is 22.6 Å². The third kappa shape index (κ3) is 6.42. The van der Waals surface area contributed by atoms with Crippen LogP contribution in [0.1, 0.15) is 45.2 Å². The second-order valence-electron chi connectivity index (χ2n) is 9.21. The zero-order valence-corrected chi connectivity index (χ0v) is 20.8. The van der Waals surface area contributed by atoms with Crippen LogP contribution in [0.2, 0.25) is 0 Å². The van der Waals surface area contributed by atoms with Crippen molar-refractivity contribution in [3.8, 4) is 0 Å². The van der Waals surface area contributed by atoms with Crippen molar-refractivity contribution in [3.05, 3.63) is 82.3 Å². The van der Waals surface area contributed by atoms with E-state index in [1.165, 1.54) is 10.8 Å². The molecule has 0 spiro atoms. The smallest absolute Gasteiger partial charge is 0.242 e. The second kappa shape index (κ2) is 10.3. The van der Waals surface area contributed by atoms with Crippen molar-refractivity contribution < 1.29 is 9.59 Å². The molecule has 0 aromatic heterocycles. The van der Waals surface area contributed by atoms with Crippen LogP contribution in [0.4, 0.5) is 0 Å².